The Morgan fingerprint density at radius 2 is 0.860 bits per heavy atom. The molecule has 1 aliphatic heterocycles. The summed E-state index contributed by atoms with van der Waals surface area (Å²) in [5.74, 6) is 3.12. The second-order valence-electron chi connectivity index (χ2n) is 14.6. The van der Waals surface area contributed by atoms with Crippen molar-refractivity contribution in [3.05, 3.63) is 210 Å². The van der Waals surface area contributed by atoms with Crippen LogP contribution in [-0.4, -0.2) is 15.0 Å². The predicted molar refractivity (Wildman–Crippen MR) is 226 cm³/mol. The predicted octanol–water partition coefficient (Wildman–Crippen LogP) is 12.9. The van der Waals surface area contributed by atoms with Gasteiger partial charge < -0.3 is 9.15 Å². The largest absolute Gasteiger partial charge is 0.456 e. The molecule has 0 saturated carbocycles. The molecule has 0 amide bonds. The van der Waals surface area contributed by atoms with Crippen LogP contribution < -0.4 is 4.74 Å². The maximum absolute atomic E-state index is 7.06. The molecule has 2 aliphatic rings. The van der Waals surface area contributed by atoms with Crippen LogP contribution >= 0.6 is 0 Å². The molecule has 0 atom stereocenters. The van der Waals surface area contributed by atoms with Gasteiger partial charge in [-0.2, -0.15) is 0 Å². The monoisotopic (exact) mass is 729 g/mol. The third-order valence-electron chi connectivity index (χ3n) is 11.6. The molecule has 266 valence electrons. The molecule has 0 radical (unpaired) electrons. The molecule has 0 fully saturated rings. The first-order valence-electron chi connectivity index (χ1n) is 19.2. The maximum Gasteiger partial charge on any atom is 0.167 e. The minimum atomic E-state index is -0.619. The fourth-order valence-electron chi connectivity index (χ4n) is 9.26. The molecule has 1 spiro atoms. The van der Waals surface area contributed by atoms with E-state index in [4.69, 9.17) is 24.1 Å². The molecule has 3 heterocycles. The van der Waals surface area contributed by atoms with Gasteiger partial charge in [0.2, 0.25) is 0 Å². The Bertz CT molecular complexity index is 3190. The number of para-hydroxylation sites is 4. The van der Waals surface area contributed by atoms with Crippen molar-refractivity contribution in [3.8, 4) is 67.9 Å². The highest BCUT2D eigenvalue weighted by Gasteiger charge is 2.51. The molecule has 2 aromatic heterocycles. The summed E-state index contributed by atoms with van der Waals surface area (Å²) in [6, 6.07) is 65.3. The second-order valence-corrected chi connectivity index (χ2v) is 14.6. The van der Waals surface area contributed by atoms with Gasteiger partial charge >= 0.3 is 0 Å². The number of furan rings is 1. The fourth-order valence-corrected chi connectivity index (χ4v) is 9.26. The Balaban J connectivity index is 1.15. The minimum Gasteiger partial charge on any atom is -0.456 e. The topological polar surface area (TPSA) is 61.0 Å². The molecule has 0 bridgehead atoms. The Labute approximate surface area is 328 Å². The van der Waals surface area contributed by atoms with E-state index in [1.807, 2.05) is 48.5 Å². The molecular formula is C52H31N3O2. The van der Waals surface area contributed by atoms with Gasteiger partial charge in [0.15, 0.2) is 17.5 Å². The van der Waals surface area contributed by atoms with Gasteiger partial charge in [0.05, 0.1) is 16.5 Å². The number of hydrogen-bond donors (Lipinski definition) is 0. The van der Waals surface area contributed by atoms with Crippen molar-refractivity contribution in [1.29, 1.82) is 0 Å². The van der Waals surface area contributed by atoms with Gasteiger partial charge in [-0.25, -0.2) is 15.0 Å². The standard InChI is InChI=1S/C52H31N3O2/c1-2-16-32(17-3-1)33-18-4-5-22-38(33)49-53-50(39-24-14-23-37-36-21-8-12-30-45(36)56-47(37)39)55-51(54-49)40-25-15-29-44-48(40)57-46-31-13-11-28-43(46)52(44)41-26-9-6-19-34(41)35-20-7-10-27-42(35)52/h1-31H. The fraction of sp³-hybridized carbons (Fsp3) is 0.0192. The molecule has 0 saturated heterocycles. The van der Waals surface area contributed by atoms with E-state index < -0.39 is 5.41 Å². The average Bonchev–Trinajstić information content (AvgIpc) is 3.81. The maximum atomic E-state index is 7.06. The van der Waals surface area contributed by atoms with Gasteiger partial charge in [0.25, 0.3) is 0 Å². The third kappa shape index (κ3) is 4.54. The summed E-state index contributed by atoms with van der Waals surface area (Å²) in [5, 5.41) is 2.05. The van der Waals surface area contributed by atoms with E-state index in [-0.39, 0.29) is 0 Å². The van der Waals surface area contributed by atoms with Gasteiger partial charge in [0, 0.05) is 27.5 Å². The first kappa shape index (κ1) is 31.7. The molecule has 8 aromatic carbocycles. The summed E-state index contributed by atoms with van der Waals surface area (Å²) in [6.45, 7) is 0. The smallest absolute Gasteiger partial charge is 0.167 e. The van der Waals surface area contributed by atoms with Crippen LogP contribution in [0.15, 0.2) is 192 Å². The van der Waals surface area contributed by atoms with Crippen molar-refractivity contribution in [2.45, 2.75) is 5.41 Å². The average molecular weight is 730 g/mol. The summed E-state index contributed by atoms with van der Waals surface area (Å²) in [5.41, 5.74) is 12.6. The molecular weight excluding hydrogens is 699 g/mol. The third-order valence-corrected chi connectivity index (χ3v) is 11.6. The van der Waals surface area contributed by atoms with Gasteiger partial charge in [-0.05, 0) is 57.6 Å². The summed E-state index contributed by atoms with van der Waals surface area (Å²) >= 11 is 0. The molecule has 1 aliphatic carbocycles. The van der Waals surface area contributed by atoms with Crippen LogP contribution in [0, 0.1) is 0 Å². The summed E-state index contributed by atoms with van der Waals surface area (Å²) in [7, 11) is 0. The molecule has 5 heteroatoms. The zero-order chi connectivity index (χ0) is 37.5. The lowest BCUT2D eigenvalue weighted by atomic mass is 9.66. The number of nitrogens with zero attached hydrogens (tertiary/aromatic N) is 3. The Hall–Kier alpha value is -7.63. The summed E-state index contributed by atoms with van der Waals surface area (Å²) in [4.78, 5) is 15.9. The summed E-state index contributed by atoms with van der Waals surface area (Å²) < 4.78 is 13.6. The number of aromatic nitrogens is 3. The van der Waals surface area contributed by atoms with Crippen LogP contribution in [-0.2, 0) is 5.41 Å². The van der Waals surface area contributed by atoms with Crippen LogP contribution in [0.4, 0.5) is 0 Å². The van der Waals surface area contributed by atoms with Crippen molar-refractivity contribution in [2.24, 2.45) is 0 Å². The van der Waals surface area contributed by atoms with E-state index in [0.29, 0.717) is 17.5 Å². The van der Waals surface area contributed by atoms with Gasteiger partial charge in [-0.3, -0.25) is 0 Å². The molecule has 12 rings (SSSR count). The molecule has 10 aromatic rings. The zero-order valence-corrected chi connectivity index (χ0v) is 30.6. The molecule has 5 nitrogen and oxygen atoms in total. The van der Waals surface area contributed by atoms with E-state index in [0.717, 1.165) is 72.4 Å². The highest BCUT2D eigenvalue weighted by Crippen LogP contribution is 2.63. The number of hydrogen-bond acceptors (Lipinski definition) is 5. The quantitative estimate of drug-likeness (QED) is 0.180. The molecule has 0 N–H and O–H groups in total. The van der Waals surface area contributed by atoms with Crippen LogP contribution in [0.1, 0.15) is 22.3 Å². The lowest BCUT2D eigenvalue weighted by molar-refractivity contribution is 0.437. The highest BCUT2D eigenvalue weighted by molar-refractivity contribution is 6.09. The second kappa shape index (κ2) is 12.2. The van der Waals surface area contributed by atoms with E-state index in [1.54, 1.807) is 0 Å². The van der Waals surface area contributed by atoms with Crippen molar-refractivity contribution in [2.75, 3.05) is 0 Å². The first-order chi connectivity index (χ1) is 28.3. The lowest BCUT2D eigenvalue weighted by Crippen LogP contribution is -2.32. The number of fused-ring (bicyclic) bond motifs is 12. The number of rotatable bonds is 4. The lowest BCUT2D eigenvalue weighted by Gasteiger charge is -2.39. The van der Waals surface area contributed by atoms with Gasteiger partial charge in [-0.15, -0.1) is 0 Å². The van der Waals surface area contributed by atoms with Crippen molar-refractivity contribution < 1.29 is 9.15 Å². The van der Waals surface area contributed by atoms with Gasteiger partial charge in [0.1, 0.15) is 22.7 Å². The summed E-state index contributed by atoms with van der Waals surface area (Å²) in [6.07, 6.45) is 0. The van der Waals surface area contributed by atoms with E-state index in [9.17, 15) is 0 Å². The Morgan fingerprint density at radius 1 is 0.351 bits per heavy atom. The van der Waals surface area contributed by atoms with Crippen molar-refractivity contribution in [1.82, 2.24) is 15.0 Å². The molecule has 57 heavy (non-hydrogen) atoms. The Morgan fingerprint density at radius 3 is 1.63 bits per heavy atom. The van der Waals surface area contributed by atoms with E-state index in [1.165, 1.54) is 22.3 Å². The minimum absolute atomic E-state index is 0.511. The number of ether oxygens (including phenoxy) is 1. The molecule has 0 unspecified atom stereocenters. The zero-order valence-electron chi connectivity index (χ0n) is 30.6. The Kier molecular flexibility index (Phi) is 6.78. The van der Waals surface area contributed by atoms with E-state index >= 15 is 0 Å². The number of benzene rings is 8. The van der Waals surface area contributed by atoms with Crippen molar-refractivity contribution >= 4 is 21.9 Å². The normalized spacial score (nSPS) is 13.2. The van der Waals surface area contributed by atoms with E-state index in [2.05, 4.69) is 140 Å². The SMILES string of the molecule is c1ccc(-c2ccccc2-c2nc(-c3cccc4c3Oc3ccccc3C43c4ccccc4-c4ccccc43)nc(-c3cccc4c3oc3ccccc34)n2)cc1. The van der Waals surface area contributed by atoms with Crippen LogP contribution in [0.25, 0.3) is 78.4 Å². The van der Waals surface area contributed by atoms with Crippen LogP contribution in [0.2, 0.25) is 0 Å². The highest BCUT2D eigenvalue weighted by atomic mass is 16.5. The van der Waals surface area contributed by atoms with Crippen molar-refractivity contribution in [3.63, 3.8) is 0 Å². The van der Waals surface area contributed by atoms with Gasteiger partial charge in [-0.1, -0.05) is 164 Å². The first-order valence-corrected chi connectivity index (χ1v) is 19.2. The van der Waals surface area contributed by atoms with Crippen LogP contribution in [0.3, 0.4) is 0 Å². The van der Waals surface area contributed by atoms with Crippen LogP contribution in [0.5, 0.6) is 11.5 Å².